The van der Waals surface area contributed by atoms with Crippen LogP contribution in [0.15, 0.2) is 24.5 Å². The molecule has 34 heavy (non-hydrogen) atoms. The monoisotopic (exact) mass is 502 g/mol. The largest absolute Gasteiger partial charge is 0.490 e. The van der Waals surface area contributed by atoms with Crippen molar-refractivity contribution in [2.45, 2.75) is 56.3 Å². The molecule has 0 unspecified atom stereocenters. The maximum Gasteiger partial charge on any atom is 0.490 e. The van der Waals surface area contributed by atoms with Crippen molar-refractivity contribution in [3.8, 4) is 5.75 Å². The van der Waals surface area contributed by atoms with Gasteiger partial charge in [0.2, 0.25) is 0 Å². The predicted molar refractivity (Wildman–Crippen MR) is 103 cm³/mol. The highest BCUT2D eigenvalue weighted by Crippen LogP contribution is 2.36. The van der Waals surface area contributed by atoms with Crippen molar-refractivity contribution in [3.63, 3.8) is 0 Å². The number of alkyl halides is 6. The van der Waals surface area contributed by atoms with E-state index >= 15 is 0 Å². The summed E-state index contributed by atoms with van der Waals surface area (Å²) in [5.74, 6) is -3.70. The summed E-state index contributed by atoms with van der Waals surface area (Å²) < 4.78 is 75.6. The van der Waals surface area contributed by atoms with Crippen molar-refractivity contribution in [2.75, 3.05) is 19.7 Å². The fourth-order valence-corrected chi connectivity index (χ4v) is 3.57. The molecule has 0 bridgehead atoms. The van der Waals surface area contributed by atoms with Gasteiger partial charge in [-0.15, -0.1) is 0 Å². The van der Waals surface area contributed by atoms with Gasteiger partial charge in [-0.2, -0.15) is 26.3 Å². The van der Waals surface area contributed by atoms with Crippen LogP contribution in [-0.4, -0.2) is 82.3 Å². The van der Waals surface area contributed by atoms with Crippen LogP contribution in [0.4, 0.5) is 26.3 Å². The maximum absolute atomic E-state index is 10.6. The van der Waals surface area contributed by atoms with Gasteiger partial charge in [-0.3, -0.25) is 9.88 Å². The molecular formula is C20H24F6N2O6. The van der Waals surface area contributed by atoms with Crippen LogP contribution in [0.3, 0.4) is 0 Å². The Labute approximate surface area is 190 Å². The number of nitrogens with zero attached hydrogens (tertiary/aromatic N) is 2. The molecule has 2 N–H and O–H groups in total. The second-order valence-electron chi connectivity index (χ2n) is 7.87. The Bertz CT molecular complexity index is 779. The minimum atomic E-state index is -5.08. The number of carboxylic acids is 2. The van der Waals surface area contributed by atoms with Crippen LogP contribution in [0, 0.1) is 5.92 Å². The van der Waals surface area contributed by atoms with E-state index in [0.717, 1.165) is 31.2 Å². The summed E-state index contributed by atoms with van der Waals surface area (Å²) in [6.07, 6.45) is -1.05. The first kappa shape index (κ1) is 27.6. The standard InChI is InChI=1S/C16H22N2O2.2C2HF3O2/c1-2-13(10-17-7-1)20-15-6-5-14-16(15)19-9-8-18(14)11-12-3-4-12;2*3-2(4,5)1(6)7/h1-2,7,10,12,14-16H,3-6,8-9,11H2;2*(H,6,7)/t14-,15+,16+;;/m0../s1. The van der Waals surface area contributed by atoms with Crippen LogP contribution in [0.2, 0.25) is 0 Å². The number of hydrogen-bond donors (Lipinski definition) is 2. The molecule has 0 aromatic carbocycles. The summed E-state index contributed by atoms with van der Waals surface area (Å²) in [7, 11) is 0. The topological polar surface area (TPSA) is 109 Å². The number of morpholine rings is 1. The van der Waals surface area contributed by atoms with Gasteiger partial charge in [0.05, 0.1) is 12.8 Å². The fraction of sp³-hybridized carbons (Fsp3) is 0.650. The van der Waals surface area contributed by atoms with E-state index in [2.05, 4.69) is 9.88 Å². The minimum Gasteiger partial charge on any atom is -0.486 e. The second kappa shape index (κ2) is 11.7. The molecule has 3 atom stereocenters. The Morgan fingerprint density at radius 3 is 2.12 bits per heavy atom. The molecule has 4 rings (SSSR count). The van der Waals surface area contributed by atoms with Crippen LogP contribution >= 0.6 is 0 Å². The molecule has 3 aliphatic rings. The van der Waals surface area contributed by atoms with Crippen LogP contribution in [-0.2, 0) is 14.3 Å². The lowest BCUT2D eigenvalue weighted by Gasteiger charge is -2.39. The lowest BCUT2D eigenvalue weighted by Crippen LogP contribution is -2.52. The highest BCUT2D eigenvalue weighted by Gasteiger charge is 2.45. The van der Waals surface area contributed by atoms with Gasteiger partial charge in [0, 0.05) is 25.3 Å². The smallest absolute Gasteiger partial charge is 0.486 e. The molecule has 192 valence electrons. The number of aromatic nitrogens is 1. The van der Waals surface area contributed by atoms with Crippen molar-refractivity contribution in [1.82, 2.24) is 9.88 Å². The van der Waals surface area contributed by atoms with Gasteiger partial charge in [0.1, 0.15) is 18.0 Å². The molecular weight excluding hydrogens is 478 g/mol. The first-order chi connectivity index (χ1) is 15.8. The summed E-state index contributed by atoms with van der Waals surface area (Å²) in [5.41, 5.74) is 0. The third-order valence-corrected chi connectivity index (χ3v) is 5.25. The third-order valence-electron chi connectivity index (χ3n) is 5.25. The summed E-state index contributed by atoms with van der Waals surface area (Å²) >= 11 is 0. The number of halogens is 6. The van der Waals surface area contributed by atoms with E-state index in [4.69, 9.17) is 29.3 Å². The van der Waals surface area contributed by atoms with E-state index in [1.807, 2.05) is 12.1 Å². The summed E-state index contributed by atoms with van der Waals surface area (Å²) in [5, 5.41) is 14.2. The molecule has 8 nitrogen and oxygen atoms in total. The van der Waals surface area contributed by atoms with Gasteiger partial charge in [-0.25, -0.2) is 9.59 Å². The quantitative estimate of drug-likeness (QED) is 0.604. The van der Waals surface area contributed by atoms with Crippen molar-refractivity contribution < 1.29 is 55.6 Å². The average Bonchev–Trinajstić information content (AvgIpc) is 3.47. The zero-order valence-electron chi connectivity index (χ0n) is 17.8. The van der Waals surface area contributed by atoms with E-state index < -0.39 is 24.3 Å². The molecule has 2 saturated carbocycles. The number of fused-ring (bicyclic) bond motifs is 1. The van der Waals surface area contributed by atoms with Crippen molar-refractivity contribution in [2.24, 2.45) is 5.92 Å². The van der Waals surface area contributed by atoms with Gasteiger partial charge < -0.3 is 19.7 Å². The van der Waals surface area contributed by atoms with Gasteiger partial charge in [-0.05, 0) is 43.7 Å². The third kappa shape index (κ3) is 8.97. The molecule has 2 aliphatic carbocycles. The van der Waals surface area contributed by atoms with E-state index in [1.54, 1.807) is 12.4 Å². The number of ether oxygens (including phenoxy) is 2. The van der Waals surface area contributed by atoms with Gasteiger partial charge in [-0.1, -0.05) is 0 Å². The average molecular weight is 502 g/mol. The van der Waals surface area contributed by atoms with Crippen LogP contribution < -0.4 is 4.74 Å². The van der Waals surface area contributed by atoms with Crippen molar-refractivity contribution in [3.05, 3.63) is 24.5 Å². The Hall–Kier alpha value is -2.61. The summed E-state index contributed by atoms with van der Waals surface area (Å²) in [6, 6.07) is 4.46. The molecule has 1 aliphatic heterocycles. The zero-order valence-corrected chi connectivity index (χ0v) is 17.8. The highest BCUT2D eigenvalue weighted by atomic mass is 19.4. The van der Waals surface area contributed by atoms with Gasteiger partial charge in [0.25, 0.3) is 0 Å². The molecule has 14 heteroatoms. The first-order valence-electron chi connectivity index (χ1n) is 10.3. The van der Waals surface area contributed by atoms with E-state index in [-0.39, 0.29) is 12.2 Å². The molecule has 2 heterocycles. The molecule has 0 radical (unpaired) electrons. The SMILES string of the molecule is O=C(O)C(F)(F)F.O=C(O)C(F)(F)F.c1cncc(O[C@@H]2CC[C@H]3[C@H]2OCCN3CC2CC2)c1. The van der Waals surface area contributed by atoms with Crippen molar-refractivity contribution in [1.29, 1.82) is 0 Å². The number of carboxylic acid groups (broad SMARTS) is 2. The number of hydrogen-bond acceptors (Lipinski definition) is 6. The number of pyridine rings is 1. The Balaban J connectivity index is 0.000000244. The minimum absolute atomic E-state index is 0.186. The number of rotatable bonds is 4. The van der Waals surface area contributed by atoms with Crippen molar-refractivity contribution >= 4 is 11.9 Å². The maximum atomic E-state index is 10.6. The van der Waals surface area contributed by atoms with E-state index in [1.165, 1.54) is 25.8 Å². The molecule has 1 aromatic rings. The molecule has 1 saturated heterocycles. The van der Waals surface area contributed by atoms with E-state index in [0.29, 0.717) is 6.04 Å². The Morgan fingerprint density at radius 1 is 1.06 bits per heavy atom. The number of carbonyl (C=O) groups is 2. The molecule has 0 amide bonds. The number of aliphatic carboxylic acids is 2. The normalized spacial score (nSPS) is 24.6. The first-order valence-corrected chi connectivity index (χ1v) is 10.3. The van der Waals surface area contributed by atoms with E-state index in [9.17, 15) is 26.3 Å². The lowest BCUT2D eigenvalue weighted by molar-refractivity contribution is -0.193. The molecule has 1 aromatic heterocycles. The Kier molecular flexibility index (Phi) is 9.50. The Morgan fingerprint density at radius 2 is 1.65 bits per heavy atom. The van der Waals surface area contributed by atoms with Gasteiger partial charge >= 0.3 is 24.3 Å². The highest BCUT2D eigenvalue weighted by molar-refractivity contribution is 5.73. The molecule has 3 fully saturated rings. The lowest BCUT2D eigenvalue weighted by atomic mass is 10.1. The second-order valence-corrected chi connectivity index (χ2v) is 7.87. The van der Waals surface area contributed by atoms with Crippen LogP contribution in [0.1, 0.15) is 25.7 Å². The van der Waals surface area contributed by atoms with Crippen LogP contribution in [0.5, 0.6) is 5.75 Å². The zero-order chi connectivity index (χ0) is 25.5. The predicted octanol–water partition coefficient (Wildman–Crippen LogP) is 3.37. The fourth-order valence-electron chi connectivity index (χ4n) is 3.57. The summed E-state index contributed by atoms with van der Waals surface area (Å²) in [4.78, 5) is 24.6. The van der Waals surface area contributed by atoms with Crippen LogP contribution in [0.25, 0.3) is 0 Å². The summed E-state index contributed by atoms with van der Waals surface area (Å²) in [6.45, 7) is 3.21. The van der Waals surface area contributed by atoms with Gasteiger partial charge in [0.15, 0.2) is 0 Å². The molecule has 0 spiro atoms.